The highest BCUT2D eigenvalue weighted by Gasteiger charge is 2.10. The van der Waals surface area contributed by atoms with Crippen LogP contribution < -0.4 is 15.0 Å². The van der Waals surface area contributed by atoms with Crippen molar-refractivity contribution < 1.29 is 9.47 Å². The first-order chi connectivity index (χ1) is 8.74. The van der Waals surface area contributed by atoms with Gasteiger partial charge in [0.2, 0.25) is 0 Å². The standard InChI is InChI=1S/C12H11N3O3/c1-17-10-3-7-8(4-11(10)18-2)15-6-13-5-9(15)12(16)14-7/h3-6H,1-2H3,(H,14,16). The van der Waals surface area contributed by atoms with Gasteiger partial charge >= 0.3 is 0 Å². The largest absolute Gasteiger partial charge is 0.493 e. The molecule has 0 radical (unpaired) electrons. The Morgan fingerprint density at radius 3 is 2.61 bits per heavy atom. The van der Waals surface area contributed by atoms with Gasteiger partial charge in [-0.25, -0.2) is 4.98 Å². The Kier molecular flexibility index (Phi) is 2.22. The molecule has 2 heterocycles. The smallest absolute Gasteiger partial charge is 0.274 e. The summed E-state index contributed by atoms with van der Waals surface area (Å²) in [5, 5.41) is 0. The molecule has 0 unspecified atom stereocenters. The van der Waals surface area contributed by atoms with Crippen LogP contribution in [0.3, 0.4) is 0 Å². The maximum atomic E-state index is 11.8. The molecule has 0 spiro atoms. The van der Waals surface area contributed by atoms with Crippen LogP contribution in [0.15, 0.2) is 29.5 Å². The maximum absolute atomic E-state index is 11.8. The zero-order valence-corrected chi connectivity index (χ0v) is 9.93. The predicted molar refractivity (Wildman–Crippen MR) is 66.4 cm³/mol. The number of nitrogens with one attached hydrogen (secondary N) is 1. The summed E-state index contributed by atoms with van der Waals surface area (Å²) in [4.78, 5) is 18.6. The normalized spacial score (nSPS) is 11.0. The molecule has 3 rings (SSSR count). The monoisotopic (exact) mass is 245 g/mol. The first-order valence-electron chi connectivity index (χ1n) is 5.34. The summed E-state index contributed by atoms with van der Waals surface area (Å²) in [6.07, 6.45) is 3.12. The van der Waals surface area contributed by atoms with Gasteiger partial charge in [0.1, 0.15) is 5.52 Å². The van der Waals surface area contributed by atoms with Crippen molar-refractivity contribution in [1.29, 1.82) is 0 Å². The average Bonchev–Trinajstić information content (AvgIpc) is 2.87. The predicted octanol–water partition coefficient (Wildman–Crippen LogP) is 1.19. The Morgan fingerprint density at radius 2 is 1.89 bits per heavy atom. The van der Waals surface area contributed by atoms with E-state index in [0.717, 1.165) is 5.52 Å². The number of aromatic amines is 1. The molecule has 18 heavy (non-hydrogen) atoms. The van der Waals surface area contributed by atoms with E-state index in [1.54, 1.807) is 37.1 Å². The molecule has 0 amide bonds. The fourth-order valence-corrected chi connectivity index (χ4v) is 2.01. The van der Waals surface area contributed by atoms with E-state index in [9.17, 15) is 4.79 Å². The van der Waals surface area contributed by atoms with Crippen LogP contribution in [0.25, 0.3) is 16.6 Å². The third-order valence-electron chi connectivity index (χ3n) is 2.88. The number of aromatic nitrogens is 3. The second-order valence-electron chi connectivity index (χ2n) is 3.83. The van der Waals surface area contributed by atoms with Crippen molar-refractivity contribution in [3.05, 3.63) is 35.0 Å². The summed E-state index contributed by atoms with van der Waals surface area (Å²) in [5.41, 5.74) is 1.78. The number of H-pyrrole nitrogens is 1. The minimum atomic E-state index is -0.188. The van der Waals surface area contributed by atoms with Crippen molar-refractivity contribution >= 4 is 16.6 Å². The molecule has 0 fully saturated rings. The summed E-state index contributed by atoms with van der Waals surface area (Å²) in [7, 11) is 3.12. The van der Waals surface area contributed by atoms with Crippen LogP contribution in [0, 0.1) is 0 Å². The number of fused-ring (bicyclic) bond motifs is 3. The molecule has 0 aliphatic rings. The van der Waals surface area contributed by atoms with Gasteiger partial charge in [0.05, 0.1) is 37.8 Å². The number of imidazole rings is 1. The Hall–Kier alpha value is -2.50. The number of hydrogen-bond donors (Lipinski definition) is 1. The van der Waals surface area contributed by atoms with Gasteiger partial charge in [-0.2, -0.15) is 0 Å². The van der Waals surface area contributed by atoms with Gasteiger partial charge in [-0.1, -0.05) is 0 Å². The highest BCUT2D eigenvalue weighted by Crippen LogP contribution is 2.30. The summed E-state index contributed by atoms with van der Waals surface area (Å²) in [6.45, 7) is 0. The fourth-order valence-electron chi connectivity index (χ4n) is 2.01. The Morgan fingerprint density at radius 1 is 1.17 bits per heavy atom. The molecule has 1 aromatic carbocycles. The number of nitrogens with zero attached hydrogens (tertiary/aromatic N) is 2. The van der Waals surface area contributed by atoms with E-state index < -0.39 is 0 Å². The first kappa shape index (κ1) is 10.6. The lowest BCUT2D eigenvalue weighted by Crippen LogP contribution is -2.09. The van der Waals surface area contributed by atoms with E-state index in [-0.39, 0.29) is 5.56 Å². The molecule has 92 valence electrons. The van der Waals surface area contributed by atoms with Crippen molar-refractivity contribution in [3.8, 4) is 11.5 Å². The van der Waals surface area contributed by atoms with Gasteiger partial charge in [0.15, 0.2) is 11.5 Å². The number of rotatable bonds is 2. The van der Waals surface area contributed by atoms with E-state index in [1.807, 2.05) is 0 Å². The van der Waals surface area contributed by atoms with Gasteiger partial charge < -0.3 is 14.5 Å². The second-order valence-corrected chi connectivity index (χ2v) is 3.83. The molecule has 2 aromatic heterocycles. The molecule has 0 aliphatic heterocycles. The Bertz CT molecular complexity index is 788. The summed E-state index contributed by atoms with van der Waals surface area (Å²) in [6, 6.07) is 3.54. The molecule has 0 saturated carbocycles. The van der Waals surface area contributed by atoms with Crippen LogP contribution in [0.5, 0.6) is 11.5 Å². The zero-order chi connectivity index (χ0) is 12.7. The quantitative estimate of drug-likeness (QED) is 0.736. The summed E-state index contributed by atoms with van der Waals surface area (Å²) < 4.78 is 12.2. The van der Waals surface area contributed by atoms with Crippen LogP contribution in [-0.2, 0) is 0 Å². The van der Waals surface area contributed by atoms with Crippen LogP contribution >= 0.6 is 0 Å². The van der Waals surface area contributed by atoms with Crippen LogP contribution in [-0.4, -0.2) is 28.6 Å². The van der Waals surface area contributed by atoms with Crippen LogP contribution in [0.2, 0.25) is 0 Å². The molecule has 3 aromatic rings. The van der Waals surface area contributed by atoms with E-state index in [0.29, 0.717) is 22.5 Å². The molecule has 1 N–H and O–H groups in total. The van der Waals surface area contributed by atoms with Crippen LogP contribution in [0.1, 0.15) is 0 Å². The number of hydrogen-bond acceptors (Lipinski definition) is 4. The molecular weight excluding hydrogens is 234 g/mol. The van der Waals surface area contributed by atoms with Crippen molar-refractivity contribution in [2.45, 2.75) is 0 Å². The first-order valence-corrected chi connectivity index (χ1v) is 5.34. The van der Waals surface area contributed by atoms with Crippen molar-refractivity contribution in [1.82, 2.24) is 14.4 Å². The second kappa shape index (κ2) is 3.76. The average molecular weight is 245 g/mol. The molecular formula is C12H11N3O3. The SMILES string of the molecule is COc1cc2[nH]c(=O)c3cncn3c2cc1OC. The number of ether oxygens (including phenoxy) is 2. The third-order valence-corrected chi connectivity index (χ3v) is 2.88. The van der Waals surface area contributed by atoms with E-state index >= 15 is 0 Å². The fraction of sp³-hybridized carbons (Fsp3) is 0.167. The highest BCUT2D eigenvalue weighted by molar-refractivity contribution is 5.81. The van der Waals surface area contributed by atoms with Gasteiger partial charge in [0, 0.05) is 12.1 Å². The zero-order valence-electron chi connectivity index (χ0n) is 9.93. The van der Waals surface area contributed by atoms with E-state index in [2.05, 4.69) is 9.97 Å². The lowest BCUT2D eigenvalue weighted by molar-refractivity contribution is 0.355. The van der Waals surface area contributed by atoms with Crippen molar-refractivity contribution in [2.75, 3.05) is 14.2 Å². The number of methoxy groups -OCH3 is 2. The third kappa shape index (κ3) is 1.35. The minimum Gasteiger partial charge on any atom is -0.493 e. The minimum absolute atomic E-state index is 0.188. The van der Waals surface area contributed by atoms with Gasteiger partial charge in [0.25, 0.3) is 5.56 Å². The summed E-state index contributed by atoms with van der Waals surface area (Å²) in [5.74, 6) is 1.17. The van der Waals surface area contributed by atoms with Gasteiger partial charge in [-0.3, -0.25) is 9.20 Å². The molecule has 6 nitrogen and oxygen atoms in total. The lowest BCUT2D eigenvalue weighted by atomic mass is 10.2. The lowest BCUT2D eigenvalue weighted by Gasteiger charge is -2.09. The number of benzene rings is 1. The molecule has 0 bridgehead atoms. The van der Waals surface area contributed by atoms with E-state index in [4.69, 9.17) is 9.47 Å². The highest BCUT2D eigenvalue weighted by atomic mass is 16.5. The molecule has 6 heteroatoms. The molecule has 0 saturated heterocycles. The van der Waals surface area contributed by atoms with E-state index in [1.165, 1.54) is 6.20 Å². The van der Waals surface area contributed by atoms with Gasteiger partial charge in [-0.15, -0.1) is 0 Å². The Balaban J connectivity index is 2.50. The summed E-state index contributed by atoms with van der Waals surface area (Å²) >= 11 is 0. The van der Waals surface area contributed by atoms with Gasteiger partial charge in [-0.05, 0) is 0 Å². The van der Waals surface area contributed by atoms with Crippen molar-refractivity contribution in [2.24, 2.45) is 0 Å². The maximum Gasteiger partial charge on any atom is 0.274 e. The topological polar surface area (TPSA) is 68.6 Å². The van der Waals surface area contributed by atoms with Crippen LogP contribution in [0.4, 0.5) is 0 Å². The molecule has 0 atom stereocenters. The van der Waals surface area contributed by atoms with Crippen molar-refractivity contribution in [3.63, 3.8) is 0 Å². The molecule has 0 aliphatic carbocycles. The Labute approximate surface area is 102 Å².